The number of nitrogens with one attached hydrogen (secondary N) is 1. The molecule has 0 saturated heterocycles. The fourth-order valence-corrected chi connectivity index (χ4v) is 2.69. The molecule has 0 aliphatic rings. The highest BCUT2D eigenvalue weighted by molar-refractivity contribution is 5.94. The molecular weight excluding hydrogens is 345 g/mol. The zero-order chi connectivity index (χ0) is 19.1. The van der Waals surface area contributed by atoms with Crippen LogP contribution < -0.4 is 10.1 Å². The summed E-state index contributed by atoms with van der Waals surface area (Å²) in [7, 11) is 0. The van der Waals surface area contributed by atoms with E-state index in [1.165, 1.54) is 0 Å². The molecule has 0 aliphatic carbocycles. The number of hydrogen-bond donors (Lipinski definition) is 1. The van der Waals surface area contributed by atoms with Crippen molar-refractivity contribution in [1.29, 1.82) is 0 Å². The topological polar surface area (TPSA) is 64.1 Å². The number of fused-ring (bicyclic) bond motifs is 1. The number of nitrogens with zero attached hydrogens (tertiary/aromatic N) is 2. The molecule has 2 aromatic heterocycles. The fraction of sp³-hybridized carbons (Fsp3) is 0.286. The summed E-state index contributed by atoms with van der Waals surface area (Å²) in [6, 6.07) is 11.9. The number of unbranched alkanes of at least 4 members (excludes halogenated alkanes) is 2. The van der Waals surface area contributed by atoms with Crippen LogP contribution in [0.5, 0.6) is 5.75 Å². The van der Waals surface area contributed by atoms with Crippen molar-refractivity contribution in [1.82, 2.24) is 15.3 Å². The Morgan fingerprint density at radius 2 is 2.00 bits per heavy atom. The zero-order valence-corrected chi connectivity index (χ0v) is 15.2. The molecule has 0 fully saturated rings. The third-order valence-electron chi connectivity index (χ3n) is 4.18. The van der Waals surface area contributed by atoms with Gasteiger partial charge in [-0.05, 0) is 36.8 Å². The summed E-state index contributed by atoms with van der Waals surface area (Å²) in [5, 5.41) is 2.71. The van der Waals surface area contributed by atoms with E-state index in [2.05, 4.69) is 22.2 Å². The van der Waals surface area contributed by atoms with Gasteiger partial charge in [-0.1, -0.05) is 31.9 Å². The van der Waals surface area contributed by atoms with Crippen LogP contribution in [0.2, 0.25) is 0 Å². The number of ether oxygens (including phenoxy) is 1. The van der Waals surface area contributed by atoms with Crippen LogP contribution in [-0.2, 0) is 6.54 Å². The second-order valence-corrected chi connectivity index (χ2v) is 6.21. The number of amides is 1. The van der Waals surface area contributed by atoms with Crippen LogP contribution in [0.25, 0.3) is 11.0 Å². The highest BCUT2D eigenvalue weighted by Crippen LogP contribution is 2.21. The molecule has 140 valence electrons. The largest absolute Gasteiger partial charge is 0.491 e. The molecule has 3 aromatic rings. The third kappa shape index (κ3) is 4.78. The van der Waals surface area contributed by atoms with Crippen LogP contribution in [0.1, 0.15) is 42.2 Å². The van der Waals surface area contributed by atoms with Gasteiger partial charge in [0.05, 0.1) is 17.6 Å². The molecule has 6 heteroatoms. The summed E-state index contributed by atoms with van der Waals surface area (Å²) >= 11 is 0. The lowest BCUT2D eigenvalue weighted by atomic mass is 10.2. The summed E-state index contributed by atoms with van der Waals surface area (Å²) in [5.41, 5.74) is 1.99. The second-order valence-electron chi connectivity index (χ2n) is 6.21. The van der Waals surface area contributed by atoms with Gasteiger partial charge in [-0.2, -0.15) is 0 Å². The summed E-state index contributed by atoms with van der Waals surface area (Å²) < 4.78 is 20.1. The summed E-state index contributed by atoms with van der Waals surface area (Å²) in [5.74, 6) is -0.591. The van der Waals surface area contributed by atoms with E-state index >= 15 is 0 Å². The van der Waals surface area contributed by atoms with Crippen LogP contribution in [0, 0.1) is 5.82 Å². The Kier molecular flexibility index (Phi) is 6.30. The number of aromatic nitrogens is 2. The van der Waals surface area contributed by atoms with Gasteiger partial charge in [-0.15, -0.1) is 0 Å². The van der Waals surface area contributed by atoms with E-state index in [1.54, 1.807) is 48.7 Å². The number of benzene rings is 1. The Hall–Kier alpha value is -3.02. The number of carbonyl (C=O) groups excluding carboxylic acids is 1. The van der Waals surface area contributed by atoms with Crippen molar-refractivity contribution in [2.75, 3.05) is 6.61 Å². The Labute approximate surface area is 157 Å². The number of halogens is 1. The molecule has 0 unspecified atom stereocenters. The average molecular weight is 367 g/mol. The van der Waals surface area contributed by atoms with Gasteiger partial charge in [0.2, 0.25) is 0 Å². The summed E-state index contributed by atoms with van der Waals surface area (Å²) in [6.45, 7) is 2.64. The van der Waals surface area contributed by atoms with Crippen molar-refractivity contribution in [3.05, 3.63) is 65.7 Å². The van der Waals surface area contributed by atoms with Crippen LogP contribution >= 0.6 is 0 Å². The number of pyridine rings is 2. The third-order valence-corrected chi connectivity index (χ3v) is 4.18. The zero-order valence-electron chi connectivity index (χ0n) is 15.2. The molecule has 27 heavy (non-hydrogen) atoms. The highest BCUT2D eigenvalue weighted by Gasteiger charge is 2.12. The predicted octanol–water partition coefficient (Wildman–Crippen LogP) is 4.27. The lowest BCUT2D eigenvalue weighted by Crippen LogP contribution is -2.24. The Morgan fingerprint density at radius 1 is 1.11 bits per heavy atom. The van der Waals surface area contributed by atoms with E-state index in [-0.39, 0.29) is 23.9 Å². The average Bonchev–Trinajstić information content (AvgIpc) is 2.70. The molecule has 1 aromatic carbocycles. The molecule has 0 atom stereocenters. The Balaban J connectivity index is 1.64. The normalized spacial score (nSPS) is 10.7. The van der Waals surface area contributed by atoms with Crippen molar-refractivity contribution in [3.63, 3.8) is 0 Å². The first-order chi connectivity index (χ1) is 13.2. The van der Waals surface area contributed by atoms with Gasteiger partial charge in [-0.25, -0.2) is 9.37 Å². The molecule has 0 spiro atoms. The predicted molar refractivity (Wildman–Crippen MR) is 102 cm³/mol. The smallest absolute Gasteiger partial charge is 0.270 e. The molecule has 2 heterocycles. The molecule has 3 rings (SSSR count). The van der Waals surface area contributed by atoms with Crippen molar-refractivity contribution in [2.45, 2.75) is 32.7 Å². The van der Waals surface area contributed by atoms with Gasteiger partial charge < -0.3 is 10.1 Å². The molecule has 5 nitrogen and oxygen atoms in total. The summed E-state index contributed by atoms with van der Waals surface area (Å²) in [4.78, 5) is 20.8. The van der Waals surface area contributed by atoms with Crippen molar-refractivity contribution >= 4 is 16.9 Å². The van der Waals surface area contributed by atoms with E-state index in [0.29, 0.717) is 23.2 Å². The van der Waals surface area contributed by atoms with Crippen molar-refractivity contribution < 1.29 is 13.9 Å². The van der Waals surface area contributed by atoms with Crippen LogP contribution in [-0.4, -0.2) is 22.5 Å². The summed E-state index contributed by atoms with van der Waals surface area (Å²) in [6.07, 6.45) is 4.69. The van der Waals surface area contributed by atoms with Crippen LogP contribution in [0.4, 0.5) is 4.39 Å². The van der Waals surface area contributed by atoms with Gasteiger partial charge in [0.15, 0.2) is 11.6 Å². The van der Waals surface area contributed by atoms with E-state index in [4.69, 9.17) is 4.74 Å². The van der Waals surface area contributed by atoms with Crippen molar-refractivity contribution in [3.8, 4) is 5.75 Å². The standard InChI is InChI=1S/C21H22FN3O2/c1-2-3-4-13-27-19-9-5-7-15(20(19)22)14-24-21(26)18-11-10-16-17(25-18)8-6-12-23-16/h5-12H,2-4,13-14H2,1H3,(H,24,26). The number of rotatable bonds is 8. The maximum Gasteiger partial charge on any atom is 0.270 e. The molecule has 0 radical (unpaired) electrons. The molecule has 0 bridgehead atoms. The second kappa shape index (κ2) is 9.07. The van der Waals surface area contributed by atoms with E-state index in [0.717, 1.165) is 19.3 Å². The first-order valence-electron chi connectivity index (χ1n) is 9.09. The fourth-order valence-electron chi connectivity index (χ4n) is 2.69. The van der Waals surface area contributed by atoms with E-state index in [9.17, 15) is 9.18 Å². The lowest BCUT2D eigenvalue weighted by Gasteiger charge is -2.11. The minimum absolute atomic E-state index is 0.0591. The van der Waals surface area contributed by atoms with Gasteiger partial charge in [0, 0.05) is 18.3 Å². The highest BCUT2D eigenvalue weighted by atomic mass is 19.1. The Morgan fingerprint density at radius 3 is 2.85 bits per heavy atom. The molecule has 1 amide bonds. The lowest BCUT2D eigenvalue weighted by molar-refractivity contribution is 0.0946. The maximum absolute atomic E-state index is 14.5. The molecule has 0 aliphatic heterocycles. The van der Waals surface area contributed by atoms with Gasteiger partial charge in [0.25, 0.3) is 5.91 Å². The first kappa shape index (κ1) is 18.8. The quantitative estimate of drug-likeness (QED) is 0.604. The first-order valence-corrected chi connectivity index (χ1v) is 9.09. The molecular formula is C21H22FN3O2. The monoisotopic (exact) mass is 367 g/mol. The minimum Gasteiger partial charge on any atom is -0.491 e. The van der Waals surface area contributed by atoms with E-state index < -0.39 is 5.82 Å². The SMILES string of the molecule is CCCCCOc1cccc(CNC(=O)c2ccc3ncccc3n2)c1F. The molecule has 1 N–H and O–H groups in total. The van der Waals surface area contributed by atoms with Crippen LogP contribution in [0.3, 0.4) is 0 Å². The number of carbonyl (C=O) groups is 1. The minimum atomic E-state index is -0.440. The van der Waals surface area contributed by atoms with Crippen molar-refractivity contribution in [2.24, 2.45) is 0 Å². The maximum atomic E-state index is 14.5. The van der Waals surface area contributed by atoms with Gasteiger partial charge >= 0.3 is 0 Å². The van der Waals surface area contributed by atoms with Gasteiger partial charge in [0.1, 0.15) is 5.69 Å². The Bertz CT molecular complexity index is 930. The van der Waals surface area contributed by atoms with E-state index in [1.807, 2.05) is 0 Å². The van der Waals surface area contributed by atoms with Gasteiger partial charge in [-0.3, -0.25) is 9.78 Å². The van der Waals surface area contributed by atoms with Crippen LogP contribution in [0.15, 0.2) is 48.7 Å². The molecule has 0 saturated carbocycles. The number of hydrogen-bond acceptors (Lipinski definition) is 4.